The number of aliphatic carboxylic acids is 1. The predicted octanol–water partition coefficient (Wildman–Crippen LogP) is 5.38. The minimum Gasteiger partial charge on any atom is -0.481 e. The van der Waals surface area contributed by atoms with Gasteiger partial charge in [0, 0.05) is 31.7 Å². The SMILES string of the molecule is CC(C)CN(c1ccc(C(C)CC(=O)O)cc1Nc1nnc(C2CC2)s1)C1CCOCC1. The van der Waals surface area contributed by atoms with Gasteiger partial charge in [0.1, 0.15) is 5.01 Å². The molecule has 0 radical (unpaired) electrons. The summed E-state index contributed by atoms with van der Waals surface area (Å²) in [6.07, 6.45) is 4.53. The molecule has 32 heavy (non-hydrogen) atoms. The highest BCUT2D eigenvalue weighted by molar-refractivity contribution is 7.15. The monoisotopic (exact) mass is 458 g/mol. The first-order valence-electron chi connectivity index (χ1n) is 11.7. The molecule has 4 rings (SSSR count). The molecule has 0 amide bonds. The fourth-order valence-corrected chi connectivity index (χ4v) is 5.25. The third-order valence-electron chi connectivity index (χ3n) is 6.18. The number of ether oxygens (including phenoxy) is 1. The molecule has 1 saturated carbocycles. The van der Waals surface area contributed by atoms with E-state index in [1.165, 1.54) is 12.8 Å². The second-order valence-electron chi connectivity index (χ2n) is 9.51. The van der Waals surface area contributed by atoms with E-state index in [9.17, 15) is 9.90 Å². The maximum atomic E-state index is 11.3. The van der Waals surface area contributed by atoms with Gasteiger partial charge in [-0.15, -0.1) is 10.2 Å². The summed E-state index contributed by atoms with van der Waals surface area (Å²) >= 11 is 1.63. The maximum Gasteiger partial charge on any atom is 0.303 e. The molecule has 2 heterocycles. The van der Waals surface area contributed by atoms with Crippen LogP contribution in [0, 0.1) is 5.92 Å². The number of rotatable bonds is 10. The second-order valence-corrected chi connectivity index (χ2v) is 10.5. The van der Waals surface area contributed by atoms with Crippen molar-refractivity contribution in [3.8, 4) is 0 Å². The molecule has 2 aliphatic rings. The number of carboxylic acids is 1. The van der Waals surface area contributed by atoms with Crippen molar-refractivity contribution in [2.75, 3.05) is 30.0 Å². The summed E-state index contributed by atoms with van der Waals surface area (Å²) < 4.78 is 5.62. The van der Waals surface area contributed by atoms with Crippen molar-refractivity contribution in [2.24, 2.45) is 5.92 Å². The Morgan fingerprint density at radius 3 is 2.62 bits per heavy atom. The molecule has 2 fully saturated rings. The number of anilines is 3. The summed E-state index contributed by atoms with van der Waals surface area (Å²) in [7, 11) is 0. The highest BCUT2D eigenvalue weighted by atomic mass is 32.1. The number of nitrogens with one attached hydrogen (secondary N) is 1. The maximum absolute atomic E-state index is 11.3. The van der Waals surface area contributed by atoms with Crippen LogP contribution in [0.2, 0.25) is 0 Å². The smallest absolute Gasteiger partial charge is 0.303 e. The Bertz CT molecular complexity index is 922. The lowest BCUT2D eigenvalue weighted by Crippen LogP contribution is -2.42. The lowest BCUT2D eigenvalue weighted by atomic mass is 9.95. The number of hydrogen-bond donors (Lipinski definition) is 2. The Balaban J connectivity index is 1.68. The number of carboxylic acid groups (broad SMARTS) is 1. The summed E-state index contributed by atoms with van der Waals surface area (Å²) in [5.74, 6) is 0.238. The first-order valence-corrected chi connectivity index (χ1v) is 12.5. The molecule has 0 spiro atoms. The zero-order valence-corrected chi connectivity index (χ0v) is 20.0. The van der Waals surface area contributed by atoms with Gasteiger partial charge in [-0.1, -0.05) is 38.2 Å². The Labute approximate surface area is 194 Å². The van der Waals surface area contributed by atoms with Gasteiger partial charge in [-0.05, 0) is 55.2 Å². The Morgan fingerprint density at radius 1 is 1.22 bits per heavy atom. The zero-order chi connectivity index (χ0) is 22.7. The van der Waals surface area contributed by atoms with E-state index in [0.717, 1.165) is 59.7 Å². The van der Waals surface area contributed by atoms with Crippen LogP contribution in [0.4, 0.5) is 16.5 Å². The summed E-state index contributed by atoms with van der Waals surface area (Å²) in [5.41, 5.74) is 3.13. The molecular formula is C24H34N4O3S. The van der Waals surface area contributed by atoms with Crippen LogP contribution in [0.25, 0.3) is 0 Å². The molecule has 1 aromatic carbocycles. The van der Waals surface area contributed by atoms with Gasteiger partial charge >= 0.3 is 5.97 Å². The number of nitrogens with zero attached hydrogens (tertiary/aromatic N) is 3. The van der Waals surface area contributed by atoms with Crippen molar-refractivity contribution in [1.82, 2.24) is 10.2 Å². The number of benzene rings is 1. The zero-order valence-electron chi connectivity index (χ0n) is 19.2. The first-order chi connectivity index (χ1) is 15.4. The van der Waals surface area contributed by atoms with Crippen LogP contribution in [0.5, 0.6) is 0 Å². The highest BCUT2D eigenvalue weighted by Gasteiger charge is 2.29. The van der Waals surface area contributed by atoms with Gasteiger partial charge < -0.3 is 20.1 Å². The molecule has 8 heteroatoms. The van der Waals surface area contributed by atoms with Gasteiger partial charge in [-0.25, -0.2) is 0 Å². The molecular weight excluding hydrogens is 424 g/mol. The van der Waals surface area contributed by atoms with Gasteiger partial charge in [-0.2, -0.15) is 0 Å². The molecule has 7 nitrogen and oxygen atoms in total. The molecule has 1 unspecified atom stereocenters. The molecule has 2 aromatic rings. The third-order valence-corrected chi connectivity index (χ3v) is 7.18. The number of hydrogen-bond acceptors (Lipinski definition) is 7. The molecule has 174 valence electrons. The van der Waals surface area contributed by atoms with E-state index >= 15 is 0 Å². The van der Waals surface area contributed by atoms with Crippen LogP contribution >= 0.6 is 11.3 Å². The quantitative estimate of drug-likeness (QED) is 0.494. The molecule has 1 aliphatic heterocycles. The van der Waals surface area contributed by atoms with E-state index in [2.05, 4.69) is 52.5 Å². The molecule has 0 bridgehead atoms. The van der Waals surface area contributed by atoms with Gasteiger partial charge in [0.05, 0.1) is 17.8 Å². The standard InChI is InChI=1S/C24H34N4O3S/c1-15(2)14-28(19-8-10-31-11-9-19)21-7-6-18(16(3)12-22(29)30)13-20(21)25-24-27-26-23(32-24)17-4-5-17/h6-7,13,15-17,19H,4-5,8-12,14H2,1-3H3,(H,25,27)(H,29,30). The topological polar surface area (TPSA) is 87.6 Å². The van der Waals surface area contributed by atoms with Gasteiger partial charge in [0.25, 0.3) is 0 Å². The van der Waals surface area contributed by atoms with Crippen LogP contribution < -0.4 is 10.2 Å². The van der Waals surface area contributed by atoms with Crippen molar-refractivity contribution in [3.63, 3.8) is 0 Å². The second kappa shape index (κ2) is 10.2. The van der Waals surface area contributed by atoms with E-state index < -0.39 is 5.97 Å². The molecule has 2 N–H and O–H groups in total. The van der Waals surface area contributed by atoms with Crippen molar-refractivity contribution < 1.29 is 14.6 Å². The van der Waals surface area contributed by atoms with Crippen molar-refractivity contribution >= 4 is 33.8 Å². The molecule has 1 atom stereocenters. The minimum absolute atomic E-state index is 0.0693. The van der Waals surface area contributed by atoms with Crippen LogP contribution in [0.3, 0.4) is 0 Å². The van der Waals surface area contributed by atoms with Crippen LogP contribution in [0.15, 0.2) is 18.2 Å². The van der Waals surface area contributed by atoms with E-state index in [0.29, 0.717) is 17.9 Å². The molecule has 1 aromatic heterocycles. The fourth-order valence-electron chi connectivity index (χ4n) is 4.32. The van der Waals surface area contributed by atoms with Crippen molar-refractivity contribution in [2.45, 2.75) is 70.8 Å². The van der Waals surface area contributed by atoms with Gasteiger partial charge in [0.15, 0.2) is 0 Å². The fraction of sp³-hybridized carbons (Fsp3) is 0.625. The van der Waals surface area contributed by atoms with Crippen molar-refractivity contribution in [3.05, 3.63) is 28.8 Å². The Morgan fingerprint density at radius 2 is 1.97 bits per heavy atom. The average Bonchev–Trinajstić information content (AvgIpc) is 3.51. The van der Waals surface area contributed by atoms with E-state index in [1.807, 2.05) is 6.92 Å². The summed E-state index contributed by atoms with van der Waals surface area (Å²) in [6, 6.07) is 6.76. The first kappa shape index (κ1) is 23.0. The summed E-state index contributed by atoms with van der Waals surface area (Å²) in [4.78, 5) is 13.8. The minimum atomic E-state index is -0.780. The number of aromatic nitrogens is 2. The largest absolute Gasteiger partial charge is 0.481 e. The van der Waals surface area contributed by atoms with Crippen molar-refractivity contribution in [1.29, 1.82) is 0 Å². The van der Waals surface area contributed by atoms with E-state index in [1.54, 1.807) is 11.3 Å². The lowest BCUT2D eigenvalue weighted by Gasteiger charge is -2.38. The van der Waals surface area contributed by atoms with Gasteiger partial charge in [0.2, 0.25) is 5.13 Å². The van der Waals surface area contributed by atoms with E-state index in [4.69, 9.17) is 4.74 Å². The third kappa shape index (κ3) is 5.78. The van der Waals surface area contributed by atoms with Crippen LogP contribution in [0.1, 0.15) is 75.3 Å². The van der Waals surface area contributed by atoms with Crippen LogP contribution in [-0.2, 0) is 9.53 Å². The Kier molecular flexibility index (Phi) is 7.30. The molecule has 1 aliphatic carbocycles. The highest BCUT2D eigenvalue weighted by Crippen LogP contribution is 2.43. The van der Waals surface area contributed by atoms with Crippen LogP contribution in [-0.4, -0.2) is 47.1 Å². The van der Waals surface area contributed by atoms with E-state index in [-0.39, 0.29) is 12.3 Å². The summed E-state index contributed by atoms with van der Waals surface area (Å²) in [6.45, 7) is 8.98. The lowest BCUT2D eigenvalue weighted by molar-refractivity contribution is -0.137. The Hall–Kier alpha value is -2.19. The normalized spacial score (nSPS) is 18.0. The average molecular weight is 459 g/mol. The predicted molar refractivity (Wildman–Crippen MR) is 128 cm³/mol. The number of carbonyl (C=O) groups is 1. The summed E-state index contributed by atoms with van der Waals surface area (Å²) in [5, 5.41) is 23.5. The van der Waals surface area contributed by atoms with Gasteiger partial charge in [-0.3, -0.25) is 4.79 Å². The molecule has 1 saturated heterocycles.